The lowest BCUT2D eigenvalue weighted by Crippen LogP contribution is -2.65. The number of ether oxygens (including phenoxy) is 1. The Kier molecular flexibility index (Phi) is 4.03. The lowest BCUT2D eigenvalue weighted by Gasteiger charge is -2.44. The van der Waals surface area contributed by atoms with E-state index in [1.165, 1.54) is 0 Å². The second-order valence-electron chi connectivity index (χ2n) is 7.44. The number of nitrogens with zero attached hydrogens (tertiary/aromatic N) is 4. The minimum Gasteiger partial charge on any atom is -0.484 e. The molecule has 4 heterocycles. The number of urea groups is 1. The van der Waals surface area contributed by atoms with Gasteiger partial charge in [-0.1, -0.05) is 12.1 Å². The minimum atomic E-state index is -0.0284. The summed E-state index contributed by atoms with van der Waals surface area (Å²) >= 11 is 0. The standard InChI is InChI=1S/C20H22N6O2/c1-13-5-6-18(21-7-13)25-8-14(9-25)24-20(27)26-10-15(11-26)28-17-4-2-3-16-19(17)23-12-22-16/h2-7,12,14-15H,8-11H2,1H3,(H,22,23)(H,24,27). The molecule has 2 aliphatic rings. The number of hydrogen-bond donors (Lipinski definition) is 2. The number of imidazole rings is 1. The highest BCUT2D eigenvalue weighted by Gasteiger charge is 2.36. The Bertz CT molecular complexity index is 989. The maximum absolute atomic E-state index is 12.4. The van der Waals surface area contributed by atoms with Crippen LogP contribution in [0.1, 0.15) is 5.56 Å². The molecule has 2 fully saturated rings. The van der Waals surface area contributed by atoms with Crippen molar-refractivity contribution in [1.29, 1.82) is 0 Å². The van der Waals surface area contributed by atoms with Crippen molar-refractivity contribution in [2.45, 2.75) is 19.1 Å². The third-order valence-electron chi connectivity index (χ3n) is 5.27. The van der Waals surface area contributed by atoms with Gasteiger partial charge in [0, 0.05) is 19.3 Å². The fraction of sp³-hybridized carbons (Fsp3) is 0.350. The summed E-state index contributed by atoms with van der Waals surface area (Å²) < 4.78 is 6.01. The predicted molar refractivity (Wildman–Crippen MR) is 106 cm³/mol. The summed E-state index contributed by atoms with van der Waals surface area (Å²) in [5.41, 5.74) is 2.92. The number of fused-ring (bicyclic) bond motifs is 1. The Morgan fingerprint density at radius 3 is 2.82 bits per heavy atom. The van der Waals surface area contributed by atoms with Crippen LogP contribution in [0.4, 0.5) is 10.6 Å². The second-order valence-corrected chi connectivity index (χ2v) is 7.44. The molecule has 2 saturated heterocycles. The van der Waals surface area contributed by atoms with Gasteiger partial charge in [-0.25, -0.2) is 14.8 Å². The van der Waals surface area contributed by atoms with Crippen LogP contribution < -0.4 is 15.0 Å². The first-order valence-corrected chi connectivity index (χ1v) is 9.47. The van der Waals surface area contributed by atoms with Crippen LogP contribution in [-0.4, -0.2) is 64.2 Å². The van der Waals surface area contributed by atoms with Gasteiger partial charge in [0.25, 0.3) is 0 Å². The number of aromatic nitrogens is 3. The topological polar surface area (TPSA) is 86.4 Å². The molecule has 2 aromatic heterocycles. The molecular weight excluding hydrogens is 356 g/mol. The number of carbonyl (C=O) groups excluding carboxylic acids is 1. The zero-order chi connectivity index (χ0) is 19.1. The molecule has 0 radical (unpaired) electrons. The van der Waals surface area contributed by atoms with Crippen molar-refractivity contribution in [2.24, 2.45) is 0 Å². The van der Waals surface area contributed by atoms with Crippen molar-refractivity contribution in [3.05, 3.63) is 48.4 Å². The van der Waals surface area contributed by atoms with Crippen LogP contribution in [0, 0.1) is 6.92 Å². The number of nitrogens with one attached hydrogen (secondary N) is 2. The molecule has 0 saturated carbocycles. The average molecular weight is 378 g/mol. The Balaban J connectivity index is 1.08. The van der Waals surface area contributed by atoms with E-state index in [-0.39, 0.29) is 18.2 Å². The highest BCUT2D eigenvalue weighted by Crippen LogP contribution is 2.25. The zero-order valence-corrected chi connectivity index (χ0v) is 15.6. The molecule has 1 aromatic carbocycles. The van der Waals surface area contributed by atoms with Gasteiger partial charge in [-0.3, -0.25) is 0 Å². The van der Waals surface area contributed by atoms with E-state index in [1.807, 2.05) is 37.4 Å². The summed E-state index contributed by atoms with van der Waals surface area (Å²) in [4.78, 5) is 28.1. The Labute approximate surface area is 162 Å². The summed E-state index contributed by atoms with van der Waals surface area (Å²) in [5, 5.41) is 3.08. The van der Waals surface area contributed by atoms with Gasteiger partial charge < -0.3 is 24.8 Å². The summed E-state index contributed by atoms with van der Waals surface area (Å²) in [6.07, 6.45) is 3.53. The van der Waals surface area contributed by atoms with E-state index in [1.54, 1.807) is 11.2 Å². The smallest absolute Gasteiger partial charge is 0.317 e. The molecule has 8 nitrogen and oxygen atoms in total. The second kappa shape index (κ2) is 6.70. The van der Waals surface area contributed by atoms with Crippen LogP contribution in [0.25, 0.3) is 11.0 Å². The molecule has 0 bridgehead atoms. The first-order valence-electron chi connectivity index (χ1n) is 9.47. The Morgan fingerprint density at radius 1 is 1.18 bits per heavy atom. The van der Waals surface area contributed by atoms with Crippen molar-refractivity contribution in [2.75, 3.05) is 31.1 Å². The quantitative estimate of drug-likeness (QED) is 0.724. The van der Waals surface area contributed by atoms with Crippen molar-refractivity contribution in [1.82, 2.24) is 25.2 Å². The van der Waals surface area contributed by atoms with Crippen molar-refractivity contribution in [3.63, 3.8) is 0 Å². The highest BCUT2D eigenvalue weighted by atomic mass is 16.5. The van der Waals surface area contributed by atoms with Crippen LogP contribution in [0.5, 0.6) is 5.75 Å². The number of para-hydroxylation sites is 1. The maximum atomic E-state index is 12.4. The maximum Gasteiger partial charge on any atom is 0.317 e. The fourth-order valence-corrected chi connectivity index (χ4v) is 3.56. The van der Waals surface area contributed by atoms with Crippen LogP contribution in [0.3, 0.4) is 0 Å². The number of carbonyl (C=O) groups is 1. The molecule has 2 amide bonds. The molecular formula is C20H22N6O2. The summed E-state index contributed by atoms with van der Waals surface area (Å²) in [6, 6.07) is 10.0. The SMILES string of the molecule is Cc1ccc(N2CC(NC(=O)N3CC(Oc4cccc5[nH]cnc45)C3)C2)nc1. The van der Waals surface area contributed by atoms with E-state index in [0.29, 0.717) is 13.1 Å². The number of aromatic amines is 1. The van der Waals surface area contributed by atoms with Gasteiger partial charge in [0.15, 0.2) is 0 Å². The Morgan fingerprint density at radius 2 is 2.04 bits per heavy atom. The van der Waals surface area contributed by atoms with Crippen LogP contribution in [0.2, 0.25) is 0 Å². The molecule has 2 aliphatic heterocycles. The van der Waals surface area contributed by atoms with Crippen molar-refractivity contribution in [3.8, 4) is 5.75 Å². The van der Waals surface area contributed by atoms with E-state index in [4.69, 9.17) is 4.74 Å². The van der Waals surface area contributed by atoms with Gasteiger partial charge in [0.05, 0.1) is 31.0 Å². The van der Waals surface area contributed by atoms with Crippen LogP contribution in [0.15, 0.2) is 42.9 Å². The van der Waals surface area contributed by atoms with E-state index in [0.717, 1.165) is 41.3 Å². The van der Waals surface area contributed by atoms with Gasteiger partial charge in [0.1, 0.15) is 23.2 Å². The first kappa shape index (κ1) is 16.9. The molecule has 8 heteroatoms. The van der Waals surface area contributed by atoms with Crippen molar-refractivity contribution >= 4 is 22.9 Å². The van der Waals surface area contributed by atoms with Gasteiger partial charge in [-0.15, -0.1) is 0 Å². The van der Waals surface area contributed by atoms with Gasteiger partial charge in [0.2, 0.25) is 0 Å². The van der Waals surface area contributed by atoms with E-state index in [2.05, 4.69) is 31.2 Å². The monoisotopic (exact) mass is 378 g/mol. The van der Waals surface area contributed by atoms with E-state index in [9.17, 15) is 4.79 Å². The number of benzene rings is 1. The lowest BCUT2D eigenvalue weighted by molar-refractivity contribution is 0.0440. The third-order valence-corrected chi connectivity index (χ3v) is 5.27. The molecule has 0 spiro atoms. The van der Waals surface area contributed by atoms with Gasteiger partial charge >= 0.3 is 6.03 Å². The zero-order valence-electron chi connectivity index (χ0n) is 15.6. The van der Waals surface area contributed by atoms with Gasteiger partial charge in [-0.05, 0) is 30.7 Å². The predicted octanol–water partition coefficient (Wildman–Crippen LogP) is 1.93. The molecule has 0 unspecified atom stereocenters. The van der Waals surface area contributed by atoms with E-state index < -0.39 is 0 Å². The van der Waals surface area contributed by atoms with Crippen LogP contribution >= 0.6 is 0 Å². The normalized spacial score (nSPS) is 17.3. The first-order chi connectivity index (χ1) is 13.7. The van der Waals surface area contributed by atoms with E-state index >= 15 is 0 Å². The molecule has 144 valence electrons. The minimum absolute atomic E-state index is 0.00250. The lowest BCUT2D eigenvalue weighted by atomic mass is 10.1. The summed E-state index contributed by atoms with van der Waals surface area (Å²) in [5.74, 6) is 1.71. The largest absolute Gasteiger partial charge is 0.484 e. The molecule has 5 rings (SSSR count). The fourth-order valence-electron chi connectivity index (χ4n) is 3.56. The van der Waals surface area contributed by atoms with Crippen molar-refractivity contribution < 1.29 is 9.53 Å². The molecule has 0 aliphatic carbocycles. The number of likely N-dealkylation sites (tertiary alicyclic amines) is 1. The highest BCUT2D eigenvalue weighted by molar-refractivity contribution is 5.81. The molecule has 28 heavy (non-hydrogen) atoms. The number of pyridine rings is 1. The molecule has 3 aromatic rings. The molecule has 0 atom stereocenters. The molecule has 2 N–H and O–H groups in total. The van der Waals surface area contributed by atoms with Crippen LogP contribution in [-0.2, 0) is 0 Å². The number of rotatable bonds is 4. The third kappa shape index (κ3) is 3.11. The summed E-state index contributed by atoms with van der Waals surface area (Å²) in [6.45, 7) is 4.77. The number of hydrogen-bond acceptors (Lipinski definition) is 5. The number of anilines is 1. The number of H-pyrrole nitrogens is 1. The Hall–Kier alpha value is -3.29. The number of amides is 2. The summed E-state index contributed by atoms with van der Waals surface area (Å²) in [7, 11) is 0. The average Bonchev–Trinajstić information content (AvgIpc) is 3.11. The number of aryl methyl sites for hydroxylation is 1. The van der Waals surface area contributed by atoms with Gasteiger partial charge in [-0.2, -0.15) is 0 Å².